The predicted molar refractivity (Wildman–Crippen MR) is 73.3 cm³/mol. The van der Waals surface area contributed by atoms with Gasteiger partial charge in [-0.3, -0.25) is 4.79 Å². The zero-order chi connectivity index (χ0) is 14.0. The lowest BCUT2D eigenvalue weighted by Gasteiger charge is -2.09. The number of carbonyl (C=O) groups excluding carboxylic acids is 1. The van der Waals surface area contributed by atoms with E-state index in [2.05, 4.69) is 10.3 Å². The summed E-state index contributed by atoms with van der Waals surface area (Å²) in [5.74, 6) is -1.33. The Morgan fingerprint density at radius 1 is 1.26 bits per heavy atom. The van der Waals surface area contributed by atoms with Gasteiger partial charge in [-0.1, -0.05) is 41.4 Å². The fourth-order valence-corrected chi connectivity index (χ4v) is 1.91. The van der Waals surface area contributed by atoms with E-state index in [1.165, 1.54) is 0 Å². The molecule has 1 aromatic carbocycles. The third-order valence-electron chi connectivity index (χ3n) is 2.52. The molecule has 0 spiro atoms. The Kier molecular flexibility index (Phi) is 4.02. The first-order valence-corrected chi connectivity index (χ1v) is 6.13. The lowest BCUT2D eigenvalue weighted by Crippen LogP contribution is -2.14. The van der Waals surface area contributed by atoms with Crippen molar-refractivity contribution in [2.75, 3.05) is 5.32 Å². The molecule has 0 fully saturated rings. The molecule has 0 saturated heterocycles. The highest BCUT2D eigenvalue weighted by atomic mass is 35.5. The number of rotatable bonds is 2. The van der Waals surface area contributed by atoms with E-state index >= 15 is 0 Å². The van der Waals surface area contributed by atoms with Crippen molar-refractivity contribution in [1.29, 1.82) is 0 Å². The summed E-state index contributed by atoms with van der Waals surface area (Å²) in [5.41, 5.74) is 1.44. The van der Waals surface area contributed by atoms with E-state index in [-0.39, 0.29) is 15.9 Å². The molecular weight excluding hydrogens is 290 g/mol. The monoisotopic (exact) mass is 298 g/mol. The van der Waals surface area contributed by atoms with Gasteiger partial charge in [0.2, 0.25) is 0 Å². The molecule has 19 heavy (non-hydrogen) atoms. The fourth-order valence-electron chi connectivity index (χ4n) is 1.51. The van der Waals surface area contributed by atoms with Gasteiger partial charge in [0, 0.05) is 5.69 Å². The first-order valence-electron chi connectivity index (χ1n) is 5.37. The molecule has 0 aliphatic rings. The lowest BCUT2D eigenvalue weighted by molar-refractivity contribution is 0.102. The predicted octanol–water partition coefficient (Wildman–Crippen LogP) is 4.09. The van der Waals surface area contributed by atoms with Crippen LogP contribution in [0.4, 0.5) is 10.1 Å². The molecule has 0 aliphatic heterocycles. The van der Waals surface area contributed by atoms with Crippen LogP contribution in [0.1, 0.15) is 15.9 Å². The molecule has 6 heteroatoms. The minimum absolute atomic E-state index is 0.0631. The van der Waals surface area contributed by atoms with Crippen molar-refractivity contribution in [1.82, 2.24) is 4.98 Å². The van der Waals surface area contributed by atoms with Gasteiger partial charge in [-0.2, -0.15) is 0 Å². The maximum absolute atomic E-state index is 13.3. The minimum Gasteiger partial charge on any atom is -0.322 e. The Balaban J connectivity index is 2.31. The van der Waals surface area contributed by atoms with Crippen LogP contribution in [0, 0.1) is 12.7 Å². The molecule has 98 valence electrons. The number of anilines is 1. The largest absolute Gasteiger partial charge is 0.322 e. The van der Waals surface area contributed by atoms with Gasteiger partial charge < -0.3 is 5.32 Å². The van der Waals surface area contributed by atoms with Crippen molar-refractivity contribution in [3.8, 4) is 0 Å². The van der Waals surface area contributed by atoms with Crippen molar-refractivity contribution in [2.45, 2.75) is 6.92 Å². The highest BCUT2D eigenvalue weighted by molar-refractivity contribution is 6.35. The number of nitrogens with one attached hydrogen (secondary N) is 1. The van der Waals surface area contributed by atoms with Crippen LogP contribution in [0.25, 0.3) is 0 Å². The van der Waals surface area contributed by atoms with Gasteiger partial charge in [0.15, 0.2) is 11.0 Å². The van der Waals surface area contributed by atoms with Crippen LogP contribution in [-0.4, -0.2) is 10.9 Å². The van der Waals surface area contributed by atoms with Crippen molar-refractivity contribution in [2.24, 2.45) is 0 Å². The van der Waals surface area contributed by atoms with Crippen LogP contribution in [0.5, 0.6) is 0 Å². The number of pyridine rings is 1. The van der Waals surface area contributed by atoms with Crippen LogP contribution < -0.4 is 5.32 Å². The van der Waals surface area contributed by atoms with E-state index in [0.717, 1.165) is 11.6 Å². The number of hydrogen-bond acceptors (Lipinski definition) is 2. The van der Waals surface area contributed by atoms with Crippen molar-refractivity contribution >= 4 is 34.8 Å². The lowest BCUT2D eigenvalue weighted by atomic mass is 10.2. The van der Waals surface area contributed by atoms with Crippen LogP contribution in [0.15, 0.2) is 30.3 Å². The second-order valence-corrected chi connectivity index (χ2v) is 4.58. The third-order valence-corrected chi connectivity index (χ3v) is 3.08. The van der Waals surface area contributed by atoms with Gasteiger partial charge in [-0.25, -0.2) is 9.37 Å². The molecule has 0 saturated carbocycles. The molecule has 1 heterocycles. The van der Waals surface area contributed by atoms with Gasteiger partial charge >= 0.3 is 0 Å². The molecule has 1 amide bonds. The number of aryl methyl sites for hydroxylation is 1. The zero-order valence-electron chi connectivity index (χ0n) is 9.88. The summed E-state index contributed by atoms with van der Waals surface area (Å²) in [5, 5.41) is 2.14. The fraction of sp³-hybridized carbons (Fsp3) is 0.0769. The highest BCUT2D eigenvalue weighted by Gasteiger charge is 2.16. The van der Waals surface area contributed by atoms with Gasteiger partial charge in [0.25, 0.3) is 5.91 Å². The minimum atomic E-state index is -0.791. The second-order valence-electron chi connectivity index (χ2n) is 3.87. The number of benzene rings is 1. The Morgan fingerprint density at radius 2 is 1.95 bits per heavy atom. The van der Waals surface area contributed by atoms with E-state index < -0.39 is 11.7 Å². The standard InChI is InChI=1S/C13H9Cl2FN2O/c1-7-4-2-3-5-10(7)17-13(19)8-6-9(16)12(15)18-11(8)14/h2-6H,1H3,(H,17,19). The number of nitrogens with zero attached hydrogens (tertiary/aromatic N) is 1. The van der Waals surface area contributed by atoms with E-state index in [1.54, 1.807) is 12.1 Å². The van der Waals surface area contributed by atoms with E-state index in [0.29, 0.717) is 5.69 Å². The number of aromatic nitrogens is 1. The van der Waals surface area contributed by atoms with Crippen molar-refractivity contribution < 1.29 is 9.18 Å². The van der Waals surface area contributed by atoms with Crippen LogP contribution in [-0.2, 0) is 0 Å². The first kappa shape index (κ1) is 13.8. The van der Waals surface area contributed by atoms with Crippen molar-refractivity contribution in [3.05, 3.63) is 57.6 Å². The summed E-state index contributed by atoms with van der Waals surface area (Å²) < 4.78 is 13.3. The van der Waals surface area contributed by atoms with Crippen molar-refractivity contribution in [3.63, 3.8) is 0 Å². The molecule has 2 aromatic rings. The topological polar surface area (TPSA) is 42.0 Å². The average Bonchev–Trinajstić information content (AvgIpc) is 2.36. The highest BCUT2D eigenvalue weighted by Crippen LogP contribution is 2.22. The Hall–Kier alpha value is -1.65. The zero-order valence-corrected chi connectivity index (χ0v) is 11.4. The summed E-state index contributed by atoms with van der Waals surface area (Å²) in [6, 6.07) is 8.18. The third kappa shape index (κ3) is 3.03. The number of carbonyl (C=O) groups is 1. The van der Waals surface area contributed by atoms with E-state index in [4.69, 9.17) is 23.2 Å². The molecule has 0 bridgehead atoms. The summed E-state index contributed by atoms with van der Waals surface area (Å²) >= 11 is 11.3. The van der Waals surface area contributed by atoms with Gasteiger partial charge in [0.1, 0.15) is 5.15 Å². The number of para-hydroxylation sites is 1. The number of halogens is 3. The molecule has 0 unspecified atom stereocenters. The van der Waals surface area contributed by atoms with Crippen LogP contribution >= 0.6 is 23.2 Å². The summed E-state index contributed by atoms with van der Waals surface area (Å²) in [4.78, 5) is 15.6. The smallest absolute Gasteiger partial charge is 0.258 e. The Morgan fingerprint density at radius 3 is 2.63 bits per heavy atom. The second kappa shape index (κ2) is 5.55. The maximum atomic E-state index is 13.3. The molecule has 1 aromatic heterocycles. The summed E-state index contributed by atoms with van der Waals surface area (Å²) in [6.07, 6.45) is 0. The molecule has 2 rings (SSSR count). The number of hydrogen-bond donors (Lipinski definition) is 1. The van der Waals surface area contributed by atoms with Gasteiger partial charge in [-0.15, -0.1) is 0 Å². The van der Waals surface area contributed by atoms with Crippen LogP contribution in [0.3, 0.4) is 0 Å². The quantitative estimate of drug-likeness (QED) is 0.849. The molecule has 0 aliphatic carbocycles. The Bertz CT molecular complexity index is 647. The molecule has 0 atom stereocenters. The summed E-state index contributed by atoms with van der Waals surface area (Å²) in [7, 11) is 0. The first-order chi connectivity index (χ1) is 8.99. The Labute approximate surface area is 119 Å². The van der Waals surface area contributed by atoms with E-state index in [1.807, 2.05) is 19.1 Å². The SMILES string of the molecule is Cc1ccccc1NC(=O)c1cc(F)c(Cl)nc1Cl. The normalized spacial score (nSPS) is 10.3. The number of amides is 1. The summed E-state index contributed by atoms with van der Waals surface area (Å²) in [6.45, 7) is 1.85. The molecule has 1 N–H and O–H groups in total. The molecular formula is C13H9Cl2FN2O. The average molecular weight is 299 g/mol. The van der Waals surface area contributed by atoms with Gasteiger partial charge in [0.05, 0.1) is 5.56 Å². The molecule has 3 nitrogen and oxygen atoms in total. The maximum Gasteiger partial charge on any atom is 0.258 e. The molecule has 0 radical (unpaired) electrons. The van der Waals surface area contributed by atoms with Crippen LogP contribution in [0.2, 0.25) is 10.3 Å². The van der Waals surface area contributed by atoms with Gasteiger partial charge in [-0.05, 0) is 24.6 Å². The van der Waals surface area contributed by atoms with E-state index in [9.17, 15) is 9.18 Å².